The second-order valence-corrected chi connectivity index (χ2v) is 5.10. The van der Waals surface area contributed by atoms with Crippen molar-refractivity contribution in [1.82, 2.24) is 9.80 Å². The summed E-state index contributed by atoms with van der Waals surface area (Å²) in [5.74, 6) is -2.23. The van der Waals surface area contributed by atoms with E-state index >= 15 is 0 Å². The summed E-state index contributed by atoms with van der Waals surface area (Å²) in [6.45, 7) is 2.84. The second-order valence-electron chi connectivity index (χ2n) is 5.10. The quantitative estimate of drug-likeness (QED) is 0.231. The Labute approximate surface area is 141 Å². The van der Waals surface area contributed by atoms with Crippen molar-refractivity contribution in [3.05, 3.63) is 57.2 Å². The van der Waals surface area contributed by atoms with Crippen molar-refractivity contribution in [3.63, 3.8) is 0 Å². The predicted molar refractivity (Wildman–Crippen MR) is 82.4 cm³/mol. The van der Waals surface area contributed by atoms with Gasteiger partial charge in [0, 0.05) is 19.2 Å². The molecule has 1 aromatic rings. The van der Waals surface area contributed by atoms with Gasteiger partial charge < -0.3 is 4.90 Å². The van der Waals surface area contributed by atoms with Gasteiger partial charge in [-0.25, -0.2) is 4.90 Å². The third-order valence-corrected chi connectivity index (χ3v) is 3.54. The summed E-state index contributed by atoms with van der Waals surface area (Å²) in [6, 6.07) is 2.25. The number of hydrogen-bond acceptors (Lipinski definition) is 7. The molecule has 1 heterocycles. The maximum absolute atomic E-state index is 12.4. The molecule has 0 fully saturated rings. The molecule has 25 heavy (non-hydrogen) atoms. The van der Waals surface area contributed by atoms with Crippen LogP contribution < -0.4 is 0 Å². The zero-order valence-corrected chi connectivity index (χ0v) is 13.1. The number of carbonyl (C=O) groups is 4. The smallest absolute Gasteiger partial charge is 0.296 e. The minimum Gasteiger partial charge on any atom is -0.338 e. The summed E-state index contributed by atoms with van der Waals surface area (Å²) in [5.41, 5.74) is -0.381. The SMILES string of the molecule is C=CCN(C)C(=O)c1cc2c(cc1C=O)C(=O)N(CO[N+](=O)[O-])C2=O. The van der Waals surface area contributed by atoms with Gasteiger partial charge in [0.25, 0.3) is 22.8 Å². The van der Waals surface area contributed by atoms with Crippen LogP contribution in [0.15, 0.2) is 24.8 Å². The van der Waals surface area contributed by atoms with Crippen LogP contribution in [0.3, 0.4) is 0 Å². The van der Waals surface area contributed by atoms with E-state index in [0.717, 1.165) is 12.1 Å². The Balaban J connectivity index is 2.45. The molecule has 0 aromatic heterocycles. The number of nitrogens with zero attached hydrogens (tertiary/aromatic N) is 3. The van der Waals surface area contributed by atoms with Gasteiger partial charge in [0.2, 0.25) is 0 Å². The Morgan fingerprint density at radius 2 is 1.96 bits per heavy atom. The molecule has 0 atom stereocenters. The third kappa shape index (κ3) is 3.22. The molecule has 0 radical (unpaired) electrons. The largest absolute Gasteiger partial charge is 0.338 e. The molecule has 0 saturated heterocycles. The van der Waals surface area contributed by atoms with Crippen molar-refractivity contribution in [2.45, 2.75) is 0 Å². The highest BCUT2D eigenvalue weighted by Crippen LogP contribution is 2.26. The molecular weight excluding hydrogens is 334 g/mol. The van der Waals surface area contributed by atoms with E-state index in [2.05, 4.69) is 11.4 Å². The fraction of sp³-hybridized carbons (Fsp3) is 0.200. The number of fused-ring (bicyclic) bond motifs is 1. The van der Waals surface area contributed by atoms with Gasteiger partial charge in [0.05, 0.1) is 16.7 Å². The minimum atomic E-state index is -1.14. The van der Waals surface area contributed by atoms with Gasteiger partial charge in [0.15, 0.2) is 13.0 Å². The van der Waals surface area contributed by atoms with Crippen molar-refractivity contribution in [2.75, 3.05) is 20.3 Å². The average molecular weight is 347 g/mol. The lowest BCUT2D eigenvalue weighted by Gasteiger charge is -2.16. The van der Waals surface area contributed by atoms with Crippen LogP contribution >= 0.6 is 0 Å². The third-order valence-electron chi connectivity index (χ3n) is 3.54. The van der Waals surface area contributed by atoms with Crippen LogP contribution in [0.4, 0.5) is 0 Å². The zero-order chi connectivity index (χ0) is 18.7. The molecule has 0 spiro atoms. The molecule has 0 unspecified atom stereocenters. The Morgan fingerprint density at radius 1 is 1.36 bits per heavy atom. The molecular formula is C15H13N3O7. The van der Waals surface area contributed by atoms with E-state index < -0.39 is 29.5 Å². The zero-order valence-electron chi connectivity index (χ0n) is 13.1. The number of hydrogen-bond donors (Lipinski definition) is 0. The number of benzene rings is 1. The fourth-order valence-electron chi connectivity index (χ4n) is 2.34. The Hall–Kier alpha value is -3.56. The Kier molecular flexibility index (Phi) is 4.92. The molecule has 0 aliphatic carbocycles. The van der Waals surface area contributed by atoms with Gasteiger partial charge in [-0.05, 0) is 12.1 Å². The standard InChI is InChI=1S/C15H13N3O7/c1-3-4-16(2)13(20)10-6-12-11(5-9(10)7-19)14(21)17(15(12)22)8-25-18(23)24/h3,5-7H,1,4,8H2,2H3. The van der Waals surface area contributed by atoms with E-state index in [1.807, 2.05) is 0 Å². The molecule has 10 heteroatoms. The normalized spacial score (nSPS) is 12.6. The van der Waals surface area contributed by atoms with Crippen LogP contribution in [0.5, 0.6) is 0 Å². The summed E-state index contributed by atoms with van der Waals surface area (Å²) in [7, 11) is 1.48. The lowest BCUT2D eigenvalue weighted by atomic mass is 9.99. The summed E-state index contributed by atoms with van der Waals surface area (Å²) in [5, 5.41) is 9.11. The van der Waals surface area contributed by atoms with Crippen molar-refractivity contribution in [2.24, 2.45) is 0 Å². The molecule has 0 saturated carbocycles. The van der Waals surface area contributed by atoms with Crippen LogP contribution in [-0.2, 0) is 4.84 Å². The van der Waals surface area contributed by atoms with Crippen LogP contribution in [0, 0.1) is 10.1 Å². The van der Waals surface area contributed by atoms with Gasteiger partial charge >= 0.3 is 0 Å². The van der Waals surface area contributed by atoms with Crippen LogP contribution in [0.1, 0.15) is 41.4 Å². The predicted octanol–water partition coefficient (Wildman–Crippen LogP) is 0.519. The topological polar surface area (TPSA) is 127 Å². The summed E-state index contributed by atoms with van der Waals surface area (Å²) in [4.78, 5) is 64.2. The molecule has 1 aromatic carbocycles. The molecule has 0 bridgehead atoms. The highest BCUT2D eigenvalue weighted by atomic mass is 17.0. The van der Waals surface area contributed by atoms with Crippen molar-refractivity contribution >= 4 is 24.0 Å². The molecule has 130 valence electrons. The van der Waals surface area contributed by atoms with Gasteiger partial charge in [-0.3, -0.25) is 24.0 Å². The van der Waals surface area contributed by atoms with Crippen LogP contribution in [-0.4, -0.2) is 59.2 Å². The number of amides is 3. The number of likely N-dealkylation sites (N-methyl/N-ethyl adjacent to an activating group) is 1. The summed E-state index contributed by atoms with van der Waals surface area (Å²) >= 11 is 0. The Morgan fingerprint density at radius 3 is 2.48 bits per heavy atom. The Bertz CT molecular complexity index is 803. The van der Waals surface area contributed by atoms with Crippen molar-refractivity contribution in [3.8, 4) is 0 Å². The lowest BCUT2D eigenvalue weighted by Crippen LogP contribution is -2.33. The molecule has 2 rings (SSSR count). The average Bonchev–Trinajstić information content (AvgIpc) is 2.81. The number of aldehydes is 1. The second kappa shape index (κ2) is 6.91. The fourth-order valence-corrected chi connectivity index (χ4v) is 2.34. The first kappa shape index (κ1) is 17.8. The summed E-state index contributed by atoms with van der Waals surface area (Å²) in [6.07, 6.45) is 1.88. The molecule has 1 aliphatic rings. The van der Waals surface area contributed by atoms with Gasteiger partial charge in [0.1, 0.15) is 0 Å². The van der Waals surface area contributed by atoms with E-state index in [-0.39, 0.29) is 28.8 Å². The number of rotatable bonds is 7. The van der Waals surface area contributed by atoms with E-state index in [0.29, 0.717) is 11.2 Å². The highest BCUT2D eigenvalue weighted by Gasteiger charge is 2.37. The number of imide groups is 1. The van der Waals surface area contributed by atoms with Crippen molar-refractivity contribution in [1.29, 1.82) is 0 Å². The first-order valence-corrected chi connectivity index (χ1v) is 6.94. The number of carbonyl (C=O) groups excluding carboxylic acids is 4. The van der Waals surface area contributed by atoms with E-state index in [1.54, 1.807) is 0 Å². The van der Waals surface area contributed by atoms with Crippen LogP contribution in [0.25, 0.3) is 0 Å². The van der Waals surface area contributed by atoms with Crippen LogP contribution in [0.2, 0.25) is 0 Å². The molecule has 1 aliphatic heterocycles. The molecule has 10 nitrogen and oxygen atoms in total. The molecule has 3 amide bonds. The van der Waals surface area contributed by atoms with E-state index in [9.17, 15) is 29.3 Å². The van der Waals surface area contributed by atoms with E-state index in [4.69, 9.17) is 0 Å². The highest BCUT2D eigenvalue weighted by molar-refractivity contribution is 6.22. The monoisotopic (exact) mass is 347 g/mol. The first-order valence-electron chi connectivity index (χ1n) is 6.94. The minimum absolute atomic E-state index is 0.0590. The lowest BCUT2D eigenvalue weighted by molar-refractivity contribution is -0.761. The maximum atomic E-state index is 12.4. The van der Waals surface area contributed by atoms with Crippen molar-refractivity contribution < 1.29 is 29.1 Å². The maximum Gasteiger partial charge on any atom is 0.296 e. The summed E-state index contributed by atoms with van der Waals surface area (Å²) < 4.78 is 0. The van der Waals surface area contributed by atoms with Gasteiger partial charge in [-0.1, -0.05) is 6.08 Å². The van der Waals surface area contributed by atoms with Gasteiger partial charge in [-0.15, -0.1) is 16.7 Å². The van der Waals surface area contributed by atoms with Gasteiger partial charge in [-0.2, -0.15) is 0 Å². The van der Waals surface area contributed by atoms with E-state index in [1.165, 1.54) is 18.0 Å². The first-order chi connectivity index (χ1) is 11.8. The molecule has 0 N–H and O–H groups in total.